The summed E-state index contributed by atoms with van der Waals surface area (Å²) < 4.78 is 0. The van der Waals surface area contributed by atoms with Crippen LogP contribution in [0.5, 0.6) is 0 Å². The number of hydrogen-bond acceptors (Lipinski definition) is 4. The second-order valence-corrected chi connectivity index (χ2v) is 8.37. The molecule has 0 bridgehead atoms. The van der Waals surface area contributed by atoms with Crippen LogP contribution in [0, 0.1) is 0 Å². The van der Waals surface area contributed by atoms with E-state index in [0.29, 0.717) is 42.3 Å². The van der Waals surface area contributed by atoms with Gasteiger partial charge in [0.2, 0.25) is 0 Å². The summed E-state index contributed by atoms with van der Waals surface area (Å²) in [5, 5.41) is 6.35. The van der Waals surface area contributed by atoms with E-state index in [1.54, 1.807) is 24.3 Å². The number of piperazine rings is 1. The molecule has 3 aromatic carbocycles. The quantitative estimate of drug-likeness (QED) is 0.543. The van der Waals surface area contributed by atoms with Gasteiger partial charge in [0.1, 0.15) is 0 Å². The molecule has 1 aliphatic rings. The molecule has 2 N–H and O–H groups in total. The minimum absolute atomic E-state index is 0.0464. The number of halogens is 1. The van der Waals surface area contributed by atoms with Crippen LogP contribution in [0.2, 0.25) is 5.02 Å². The molecule has 6 nitrogen and oxygen atoms in total. The van der Waals surface area contributed by atoms with Crippen molar-refractivity contribution in [3.8, 4) is 0 Å². The molecule has 3 aromatic rings. The zero-order chi connectivity index (χ0) is 23.2. The highest BCUT2D eigenvalue weighted by Crippen LogP contribution is 2.27. The smallest absolute Gasteiger partial charge is 0.258 e. The molecule has 0 unspecified atom stereocenters. The molecule has 1 fully saturated rings. The number of rotatable bonds is 4. The summed E-state index contributed by atoms with van der Waals surface area (Å²) in [5.41, 5.74) is 2.80. The van der Waals surface area contributed by atoms with Crippen LogP contribution >= 0.6 is 23.8 Å². The van der Waals surface area contributed by atoms with E-state index >= 15 is 0 Å². The van der Waals surface area contributed by atoms with E-state index in [-0.39, 0.29) is 16.9 Å². The molecule has 0 aromatic heterocycles. The van der Waals surface area contributed by atoms with Crippen molar-refractivity contribution in [3.05, 3.63) is 95.0 Å². The van der Waals surface area contributed by atoms with Crippen LogP contribution in [0.1, 0.15) is 20.7 Å². The monoisotopic (exact) mass is 478 g/mol. The number of nitrogens with zero attached hydrogens (tertiary/aromatic N) is 2. The summed E-state index contributed by atoms with van der Waals surface area (Å²) in [6.07, 6.45) is 0. The number of benzene rings is 3. The summed E-state index contributed by atoms with van der Waals surface area (Å²) >= 11 is 11.5. The molecule has 0 aliphatic carbocycles. The van der Waals surface area contributed by atoms with E-state index in [1.807, 2.05) is 59.5 Å². The van der Waals surface area contributed by atoms with Gasteiger partial charge in [-0.05, 0) is 48.6 Å². The fourth-order valence-electron chi connectivity index (χ4n) is 3.74. The highest BCUT2D eigenvalue weighted by Gasteiger charge is 2.23. The van der Waals surface area contributed by atoms with Crippen LogP contribution in [0.4, 0.5) is 11.4 Å². The van der Waals surface area contributed by atoms with Crippen molar-refractivity contribution in [3.63, 3.8) is 0 Å². The fraction of sp³-hybridized carbons (Fsp3) is 0.160. The van der Waals surface area contributed by atoms with Crippen LogP contribution in [0.3, 0.4) is 0 Å². The molecular weight excluding hydrogens is 456 g/mol. The molecule has 1 heterocycles. The maximum absolute atomic E-state index is 12.7. The Hall–Kier alpha value is -3.42. The Morgan fingerprint density at radius 2 is 1.45 bits per heavy atom. The summed E-state index contributed by atoms with van der Waals surface area (Å²) in [6.45, 7) is 2.62. The van der Waals surface area contributed by atoms with Crippen molar-refractivity contribution in [2.45, 2.75) is 0 Å². The van der Waals surface area contributed by atoms with Crippen LogP contribution in [0.25, 0.3) is 0 Å². The van der Waals surface area contributed by atoms with Gasteiger partial charge in [0.15, 0.2) is 5.11 Å². The van der Waals surface area contributed by atoms with Gasteiger partial charge in [-0.25, -0.2) is 0 Å². The predicted octanol–water partition coefficient (Wildman–Crippen LogP) is 4.43. The minimum Gasteiger partial charge on any atom is -0.366 e. The van der Waals surface area contributed by atoms with Gasteiger partial charge in [-0.15, -0.1) is 0 Å². The van der Waals surface area contributed by atoms with Crippen LogP contribution in [-0.4, -0.2) is 48.0 Å². The molecular formula is C25H23ClN4O2S. The fourth-order valence-corrected chi connectivity index (χ4v) is 4.16. The Balaban J connectivity index is 1.39. The van der Waals surface area contributed by atoms with Crippen molar-refractivity contribution in [2.75, 3.05) is 36.4 Å². The lowest BCUT2D eigenvalue weighted by molar-refractivity contribution is 0.0746. The molecule has 0 atom stereocenters. The van der Waals surface area contributed by atoms with E-state index in [0.717, 1.165) is 11.4 Å². The molecule has 0 radical (unpaired) electrons. The van der Waals surface area contributed by atoms with Crippen molar-refractivity contribution in [1.82, 2.24) is 10.2 Å². The summed E-state index contributed by atoms with van der Waals surface area (Å²) in [4.78, 5) is 29.3. The Morgan fingerprint density at radius 3 is 2.18 bits per heavy atom. The zero-order valence-electron chi connectivity index (χ0n) is 17.8. The van der Waals surface area contributed by atoms with Crippen LogP contribution in [-0.2, 0) is 0 Å². The van der Waals surface area contributed by atoms with Crippen LogP contribution < -0.4 is 15.5 Å². The molecule has 33 heavy (non-hydrogen) atoms. The first-order valence-electron chi connectivity index (χ1n) is 10.6. The molecule has 2 amide bonds. The third-order valence-electron chi connectivity index (χ3n) is 5.43. The van der Waals surface area contributed by atoms with E-state index in [9.17, 15) is 9.59 Å². The van der Waals surface area contributed by atoms with Gasteiger partial charge in [-0.2, -0.15) is 0 Å². The number of hydrogen-bond donors (Lipinski definition) is 2. The number of carbonyl (C=O) groups excluding carboxylic acids is 2. The number of anilines is 2. The maximum Gasteiger partial charge on any atom is 0.258 e. The molecule has 1 aliphatic heterocycles. The van der Waals surface area contributed by atoms with E-state index in [1.165, 1.54) is 0 Å². The molecule has 168 valence electrons. The first kappa shape index (κ1) is 22.8. The lowest BCUT2D eigenvalue weighted by Crippen LogP contribution is -2.49. The molecule has 0 saturated carbocycles. The third kappa shape index (κ3) is 5.50. The van der Waals surface area contributed by atoms with E-state index in [4.69, 9.17) is 23.8 Å². The highest BCUT2D eigenvalue weighted by molar-refractivity contribution is 7.80. The topological polar surface area (TPSA) is 64.7 Å². The lowest BCUT2D eigenvalue weighted by atomic mass is 10.1. The van der Waals surface area contributed by atoms with Crippen molar-refractivity contribution >= 4 is 52.1 Å². The molecule has 1 saturated heterocycles. The van der Waals surface area contributed by atoms with Gasteiger partial charge in [0.25, 0.3) is 11.8 Å². The Morgan fingerprint density at radius 1 is 0.818 bits per heavy atom. The van der Waals surface area contributed by atoms with Crippen molar-refractivity contribution in [2.24, 2.45) is 0 Å². The van der Waals surface area contributed by atoms with Crippen LogP contribution in [0.15, 0.2) is 78.9 Å². The zero-order valence-corrected chi connectivity index (χ0v) is 19.4. The van der Waals surface area contributed by atoms with Gasteiger partial charge in [0, 0.05) is 31.7 Å². The third-order valence-corrected chi connectivity index (χ3v) is 5.96. The number of carbonyl (C=O) groups is 2. The first-order valence-corrected chi connectivity index (χ1v) is 11.4. The van der Waals surface area contributed by atoms with Gasteiger partial charge in [-0.1, -0.05) is 54.1 Å². The second kappa shape index (κ2) is 10.5. The molecule has 8 heteroatoms. The number of thiocarbonyl (C=S) groups is 1. The summed E-state index contributed by atoms with van der Waals surface area (Å²) in [7, 11) is 0. The summed E-state index contributed by atoms with van der Waals surface area (Å²) in [6, 6.07) is 23.9. The number of para-hydroxylation sites is 2. The normalized spacial score (nSPS) is 13.4. The molecule has 0 spiro atoms. The van der Waals surface area contributed by atoms with Crippen molar-refractivity contribution in [1.29, 1.82) is 0 Å². The molecule has 4 rings (SSSR count). The largest absolute Gasteiger partial charge is 0.366 e. The average molecular weight is 479 g/mol. The highest BCUT2D eigenvalue weighted by atomic mass is 35.5. The predicted molar refractivity (Wildman–Crippen MR) is 136 cm³/mol. The Bertz CT molecular complexity index is 1160. The van der Waals surface area contributed by atoms with Gasteiger partial charge in [-0.3, -0.25) is 14.9 Å². The minimum atomic E-state index is -0.372. The summed E-state index contributed by atoms with van der Waals surface area (Å²) in [5.74, 6) is -0.325. The van der Waals surface area contributed by atoms with Gasteiger partial charge < -0.3 is 15.1 Å². The number of amides is 2. The van der Waals surface area contributed by atoms with Crippen molar-refractivity contribution < 1.29 is 9.59 Å². The second-order valence-electron chi connectivity index (χ2n) is 7.55. The maximum atomic E-state index is 12.7. The number of nitrogens with one attached hydrogen (secondary N) is 2. The SMILES string of the molecule is O=C(NC(=S)Nc1ccccc1N1CCN(C(=O)c2ccccc2)CC1)c1ccccc1Cl. The van der Waals surface area contributed by atoms with Gasteiger partial charge >= 0.3 is 0 Å². The van der Waals surface area contributed by atoms with Gasteiger partial charge in [0.05, 0.1) is 22.0 Å². The standard InChI is InChI=1S/C25H23ClN4O2S/c26-20-11-5-4-10-19(20)23(31)28-25(33)27-21-12-6-7-13-22(21)29-14-16-30(17-15-29)24(32)18-8-2-1-3-9-18/h1-13H,14-17H2,(H2,27,28,31,33). The van der Waals surface area contributed by atoms with E-state index in [2.05, 4.69) is 15.5 Å². The Labute approximate surface area is 203 Å². The van der Waals surface area contributed by atoms with E-state index < -0.39 is 0 Å². The lowest BCUT2D eigenvalue weighted by Gasteiger charge is -2.37. The Kier molecular flexibility index (Phi) is 7.22. The first-order chi connectivity index (χ1) is 16.0. The average Bonchev–Trinajstić information content (AvgIpc) is 2.85.